The van der Waals surface area contributed by atoms with Gasteiger partial charge in [-0.1, -0.05) is 12.1 Å². The maximum Gasteiger partial charge on any atom is 0.254 e. The summed E-state index contributed by atoms with van der Waals surface area (Å²) in [5.74, 6) is -0.655. The number of fused-ring (bicyclic) bond motifs is 2. The number of methoxy groups -OCH3 is 1. The van der Waals surface area contributed by atoms with Crippen LogP contribution < -0.4 is 20.1 Å². The number of aromatic amines is 1. The molecule has 234 valence electrons. The number of likely N-dealkylation sites (N-methyl/N-ethyl adjacent to an activating group) is 1. The highest BCUT2D eigenvalue weighted by Crippen LogP contribution is 2.37. The Bertz CT molecular complexity index is 1570. The zero-order valence-corrected chi connectivity index (χ0v) is 25.9. The summed E-state index contributed by atoms with van der Waals surface area (Å²) < 4.78 is 11.3. The number of aryl methyl sites for hydroxylation is 1. The number of aromatic nitrogens is 1. The Morgan fingerprint density at radius 1 is 1.00 bits per heavy atom. The zero-order valence-electron chi connectivity index (χ0n) is 25.9. The van der Waals surface area contributed by atoms with Gasteiger partial charge in [-0.15, -0.1) is 0 Å². The highest BCUT2D eigenvalue weighted by molar-refractivity contribution is 5.95. The monoisotopic (exact) mass is 603 g/mol. The van der Waals surface area contributed by atoms with Gasteiger partial charge in [0.05, 0.1) is 32.1 Å². The number of nitrogens with zero attached hydrogens (tertiary/aromatic N) is 2. The minimum atomic E-state index is -0.567. The second-order valence-corrected chi connectivity index (χ2v) is 12.0. The number of carbonyl (C=O) groups is 4. The summed E-state index contributed by atoms with van der Waals surface area (Å²) in [5.41, 5.74) is 3.46. The summed E-state index contributed by atoms with van der Waals surface area (Å²) in [4.78, 5) is 59.4. The standard InChI is InChI=1S/C33H41N5O6/c1-19(2)44-28-9-7-21(11-29(28)43-5)33(42)38-16-23-15-37(18-26(25(23)17-38)32(41)36-14-30(39)34-4)31(40)12-22-13-35-27-10-20(3)6-8-24(22)27/h6-11,13,19,23,25-26,35H,12,14-18H2,1-5H3,(H,34,39)(H,36,41). The Hall–Kier alpha value is -4.54. The van der Waals surface area contributed by atoms with Gasteiger partial charge in [0.2, 0.25) is 17.7 Å². The molecule has 4 amide bonds. The SMILES string of the molecule is CNC(=O)CNC(=O)C1CN(C(=O)Cc2c[nH]c3cc(C)ccc23)CC2CN(C(=O)c3ccc(OC(C)C)c(OC)c3)CC21. The molecule has 2 aliphatic heterocycles. The number of benzene rings is 2. The molecule has 44 heavy (non-hydrogen) atoms. The van der Waals surface area contributed by atoms with E-state index in [0.29, 0.717) is 36.7 Å². The molecule has 3 atom stereocenters. The van der Waals surface area contributed by atoms with Crippen LogP contribution in [-0.2, 0) is 20.8 Å². The lowest BCUT2D eigenvalue weighted by atomic mass is 9.79. The van der Waals surface area contributed by atoms with Gasteiger partial charge >= 0.3 is 0 Å². The summed E-state index contributed by atoms with van der Waals surface area (Å²) in [6, 6.07) is 11.2. The average Bonchev–Trinajstić information content (AvgIpc) is 3.62. The Morgan fingerprint density at radius 3 is 2.50 bits per heavy atom. The number of carbonyl (C=O) groups excluding carboxylic acids is 4. The van der Waals surface area contributed by atoms with E-state index in [2.05, 4.69) is 15.6 Å². The van der Waals surface area contributed by atoms with E-state index in [-0.39, 0.29) is 61.1 Å². The molecule has 11 nitrogen and oxygen atoms in total. The number of amides is 4. The fourth-order valence-corrected chi connectivity index (χ4v) is 6.37. The van der Waals surface area contributed by atoms with E-state index in [1.807, 2.05) is 45.2 Å². The number of hydrogen-bond acceptors (Lipinski definition) is 6. The van der Waals surface area contributed by atoms with E-state index in [1.165, 1.54) is 14.2 Å². The van der Waals surface area contributed by atoms with Crippen LogP contribution in [0.25, 0.3) is 10.9 Å². The lowest BCUT2D eigenvalue weighted by Crippen LogP contribution is -2.54. The van der Waals surface area contributed by atoms with E-state index >= 15 is 0 Å². The first-order chi connectivity index (χ1) is 21.1. The molecule has 5 rings (SSSR count). The van der Waals surface area contributed by atoms with E-state index in [9.17, 15) is 19.2 Å². The third-order valence-electron chi connectivity index (χ3n) is 8.60. The fourth-order valence-electron chi connectivity index (χ4n) is 6.37. The molecule has 3 unspecified atom stereocenters. The van der Waals surface area contributed by atoms with Crippen molar-refractivity contribution < 1.29 is 28.7 Å². The first-order valence-electron chi connectivity index (χ1n) is 15.0. The van der Waals surface area contributed by atoms with E-state index < -0.39 is 5.92 Å². The number of nitrogens with one attached hydrogen (secondary N) is 3. The second-order valence-electron chi connectivity index (χ2n) is 12.0. The number of piperidine rings is 1. The van der Waals surface area contributed by atoms with Crippen LogP contribution in [0.2, 0.25) is 0 Å². The summed E-state index contributed by atoms with van der Waals surface area (Å²) in [7, 11) is 3.04. The van der Waals surface area contributed by atoms with Crippen molar-refractivity contribution in [1.29, 1.82) is 0 Å². The predicted molar refractivity (Wildman–Crippen MR) is 166 cm³/mol. The van der Waals surface area contributed by atoms with E-state index in [1.54, 1.807) is 28.0 Å². The first kappa shape index (κ1) is 30.9. The lowest BCUT2D eigenvalue weighted by molar-refractivity contribution is -0.139. The van der Waals surface area contributed by atoms with Crippen molar-refractivity contribution >= 4 is 34.5 Å². The maximum absolute atomic E-state index is 13.7. The fraction of sp³-hybridized carbons (Fsp3) is 0.455. The topological polar surface area (TPSA) is 133 Å². The molecule has 3 N–H and O–H groups in total. The molecule has 2 saturated heterocycles. The molecule has 2 fully saturated rings. The summed E-state index contributed by atoms with van der Waals surface area (Å²) in [5, 5.41) is 6.24. The maximum atomic E-state index is 13.7. The van der Waals surface area contributed by atoms with Gasteiger partial charge < -0.3 is 34.9 Å². The highest BCUT2D eigenvalue weighted by Gasteiger charge is 2.48. The Kier molecular flexibility index (Phi) is 9.12. The van der Waals surface area contributed by atoms with Crippen molar-refractivity contribution in [3.63, 3.8) is 0 Å². The van der Waals surface area contributed by atoms with E-state index in [0.717, 1.165) is 22.0 Å². The third-order valence-corrected chi connectivity index (χ3v) is 8.60. The van der Waals surface area contributed by atoms with Gasteiger partial charge in [0.25, 0.3) is 5.91 Å². The van der Waals surface area contributed by atoms with Crippen LogP contribution in [0.15, 0.2) is 42.6 Å². The van der Waals surface area contributed by atoms with Crippen molar-refractivity contribution in [1.82, 2.24) is 25.4 Å². The molecule has 0 spiro atoms. The van der Waals surface area contributed by atoms with Crippen molar-refractivity contribution in [2.75, 3.05) is 46.9 Å². The van der Waals surface area contributed by atoms with E-state index in [4.69, 9.17) is 9.47 Å². The molecule has 3 heterocycles. The molecule has 0 aliphatic carbocycles. The van der Waals surface area contributed by atoms with Gasteiger partial charge in [0.15, 0.2) is 11.5 Å². The van der Waals surface area contributed by atoms with Crippen LogP contribution in [0, 0.1) is 24.7 Å². The summed E-state index contributed by atoms with van der Waals surface area (Å²) in [6.07, 6.45) is 2.01. The van der Waals surface area contributed by atoms with Gasteiger partial charge in [-0.25, -0.2) is 0 Å². The molecule has 0 radical (unpaired) electrons. The Labute approximate surface area is 257 Å². The first-order valence-corrected chi connectivity index (χ1v) is 15.0. The molecule has 11 heteroatoms. The number of hydrogen-bond donors (Lipinski definition) is 3. The van der Waals surface area contributed by atoms with Gasteiger partial charge in [0, 0.05) is 55.9 Å². The third kappa shape index (κ3) is 6.51. The minimum Gasteiger partial charge on any atom is -0.493 e. The Balaban J connectivity index is 1.35. The molecular weight excluding hydrogens is 562 g/mol. The smallest absolute Gasteiger partial charge is 0.254 e. The molecule has 3 aromatic rings. The number of rotatable bonds is 9. The molecule has 0 saturated carbocycles. The lowest BCUT2D eigenvalue weighted by Gasteiger charge is -2.39. The van der Waals surface area contributed by atoms with Crippen molar-refractivity contribution in [3.05, 3.63) is 59.3 Å². The normalized spacial score (nSPS) is 19.5. The molecule has 0 bridgehead atoms. The van der Waals surface area contributed by atoms with Crippen molar-refractivity contribution in [3.8, 4) is 11.5 Å². The van der Waals surface area contributed by atoms with Gasteiger partial charge in [-0.05, 0) is 68.0 Å². The van der Waals surface area contributed by atoms with Crippen LogP contribution >= 0.6 is 0 Å². The van der Waals surface area contributed by atoms with Crippen LogP contribution in [0.5, 0.6) is 11.5 Å². The summed E-state index contributed by atoms with van der Waals surface area (Å²) >= 11 is 0. The zero-order chi connectivity index (χ0) is 31.5. The quantitative estimate of drug-likeness (QED) is 0.344. The molecule has 2 aromatic carbocycles. The second kappa shape index (κ2) is 13.0. The van der Waals surface area contributed by atoms with Crippen molar-refractivity contribution in [2.24, 2.45) is 17.8 Å². The highest BCUT2D eigenvalue weighted by atomic mass is 16.5. The van der Waals surface area contributed by atoms with Crippen LogP contribution in [0.3, 0.4) is 0 Å². The predicted octanol–water partition coefficient (Wildman–Crippen LogP) is 2.52. The molecule has 2 aliphatic rings. The van der Waals surface area contributed by atoms with Gasteiger partial charge in [0.1, 0.15) is 0 Å². The minimum absolute atomic E-state index is 0.0514. The van der Waals surface area contributed by atoms with Gasteiger partial charge in [-0.3, -0.25) is 19.2 Å². The van der Waals surface area contributed by atoms with Crippen LogP contribution in [-0.4, -0.2) is 91.4 Å². The van der Waals surface area contributed by atoms with Crippen LogP contribution in [0.1, 0.15) is 35.3 Å². The number of H-pyrrole nitrogens is 1. The largest absolute Gasteiger partial charge is 0.493 e. The molecular formula is C33H41N5O6. The van der Waals surface area contributed by atoms with Crippen molar-refractivity contribution in [2.45, 2.75) is 33.3 Å². The number of ether oxygens (including phenoxy) is 2. The summed E-state index contributed by atoms with van der Waals surface area (Å²) in [6.45, 7) is 7.15. The number of likely N-dealkylation sites (tertiary alicyclic amines) is 2. The Morgan fingerprint density at radius 2 is 1.77 bits per heavy atom. The van der Waals surface area contributed by atoms with Crippen LogP contribution in [0.4, 0.5) is 0 Å². The van der Waals surface area contributed by atoms with Gasteiger partial charge in [-0.2, -0.15) is 0 Å². The average molecular weight is 604 g/mol. The molecule has 1 aromatic heterocycles.